The number of ether oxygens (including phenoxy) is 2. The van der Waals surface area contributed by atoms with E-state index in [0.29, 0.717) is 39.2 Å². The van der Waals surface area contributed by atoms with Gasteiger partial charge < -0.3 is 9.47 Å². The number of nitrogens with zero attached hydrogens (tertiary/aromatic N) is 3. The van der Waals surface area contributed by atoms with Crippen LogP contribution in [0.3, 0.4) is 0 Å². The minimum atomic E-state index is -0.707. The predicted molar refractivity (Wildman–Crippen MR) is 118 cm³/mol. The van der Waals surface area contributed by atoms with Crippen LogP contribution >= 0.6 is 11.8 Å². The molecule has 2 heterocycles. The van der Waals surface area contributed by atoms with Gasteiger partial charge in [0.2, 0.25) is 11.1 Å². The lowest BCUT2D eigenvalue weighted by molar-refractivity contribution is -0.763. The molecule has 1 aliphatic rings. The van der Waals surface area contributed by atoms with Crippen LogP contribution < -0.4 is 24.6 Å². The average Bonchev–Trinajstić information content (AvgIpc) is 2.77. The van der Waals surface area contributed by atoms with Gasteiger partial charge in [-0.15, -0.1) is 0 Å². The van der Waals surface area contributed by atoms with Gasteiger partial charge in [-0.2, -0.15) is 0 Å². The molecule has 9 heteroatoms. The lowest BCUT2D eigenvalue weighted by Gasteiger charge is -2.31. The third-order valence-corrected chi connectivity index (χ3v) is 5.84. The first kappa shape index (κ1) is 20.9. The van der Waals surface area contributed by atoms with Crippen LogP contribution in [0.4, 0.5) is 5.69 Å². The maximum absolute atomic E-state index is 13.1. The van der Waals surface area contributed by atoms with Crippen LogP contribution in [0.25, 0.3) is 11.3 Å². The van der Waals surface area contributed by atoms with E-state index in [9.17, 15) is 9.59 Å². The van der Waals surface area contributed by atoms with E-state index in [1.807, 2.05) is 37.3 Å². The SMILES string of the molecule is CCSc1n[n+]2c(c(=O)[nH]1)-c1ccccc1N(C(C)=O)[C@@H]2c1ccc(OC)cc1OC. The van der Waals surface area contributed by atoms with Crippen LogP contribution in [-0.4, -0.2) is 36.0 Å². The molecule has 0 bridgehead atoms. The molecule has 0 unspecified atom stereocenters. The number of anilines is 1. The fourth-order valence-electron chi connectivity index (χ4n) is 3.83. The number of fused-ring (bicyclic) bond motifs is 3. The zero-order chi connectivity index (χ0) is 22.1. The van der Waals surface area contributed by atoms with Gasteiger partial charge in [0, 0.05) is 18.1 Å². The van der Waals surface area contributed by atoms with E-state index in [0.717, 1.165) is 5.75 Å². The summed E-state index contributed by atoms with van der Waals surface area (Å²) in [6.07, 6.45) is -0.707. The summed E-state index contributed by atoms with van der Waals surface area (Å²) in [4.78, 5) is 30.5. The minimum absolute atomic E-state index is 0.180. The summed E-state index contributed by atoms with van der Waals surface area (Å²) >= 11 is 1.42. The fraction of sp³-hybridized carbons (Fsp3) is 0.273. The topological polar surface area (TPSA) is 88.4 Å². The number of nitrogens with one attached hydrogen (secondary N) is 1. The standard InChI is InChI=1S/C22H22N4O4S/c1-5-31-22-23-20(28)19-15-8-6-7-9-17(15)25(13(2)27)21(26(19)24-22)16-11-10-14(29-3)12-18(16)30-4/h6-12,21H,5H2,1-4H3/p+1/t21-/m0/s1. The highest BCUT2D eigenvalue weighted by atomic mass is 32.2. The van der Waals surface area contributed by atoms with E-state index >= 15 is 0 Å². The van der Waals surface area contributed by atoms with Crippen LogP contribution in [0.1, 0.15) is 25.6 Å². The number of methoxy groups -OCH3 is 2. The highest BCUT2D eigenvalue weighted by Gasteiger charge is 2.46. The van der Waals surface area contributed by atoms with Crippen molar-refractivity contribution in [2.24, 2.45) is 0 Å². The lowest BCUT2D eigenvalue weighted by Crippen LogP contribution is -2.60. The number of H-pyrrole nitrogens is 1. The van der Waals surface area contributed by atoms with Gasteiger partial charge in [-0.3, -0.25) is 14.6 Å². The number of hydrogen-bond donors (Lipinski definition) is 1. The van der Waals surface area contributed by atoms with Crippen molar-refractivity contribution < 1.29 is 19.0 Å². The van der Waals surface area contributed by atoms with Crippen molar-refractivity contribution in [2.75, 3.05) is 24.9 Å². The Balaban J connectivity index is 2.07. The molecule has 0 aliphatic carbocycles. The normalized spacial score (nSPS) is 14.6. The van der Waals surface area contributed by atoms with Crippen molar-refractivity contribution >= 4 is 23.4 Å². The molecule has 4 rings (SSSR count). The van der Waals surface area contributed by atoms with E-state index in [4.69, 9.17) is 14.6 Å². The van der Waals surface area contributed by atoms with E-state index in [2.05, 4.69) is 4.98 Å². The Bertz CT molecular complexity index is 1210. The number of aromatic amines is 1. The summed E-state index contributed by atoms with van der Waals surface area (Å²) in [6, 6.07) is 12.7. The second kappa shape index (κ2) is 8.43. The molecule has 1 N–H and O–H groups in total. The molecule has 0 spiro atoms. The molecule has 1 aromatic heterocycles. The summed E-state index contributed by atoms with van der Waals surface area (Å²) in [5, 5.41) is 5.20. The van der Waals surface area contributed by atoms with Gasteiger partial charge in [-0.05, 0) is 34.7 Å². The Morgan fingerprint density at radius 3 is 2.68 bits per heavy atom. The third kappa shape index (κ3) is 3.54. The second-order valence-electron chi connectivity index (χ2n) is 6.87. The van der Waals surface area contributed by atoms with Crippen LogP contribution in [0.2, 0.25) is 0 Å². The molecule has 0 radical (unpaired) electrons. The summed E-state index contributed by atoms with van der Waals surface area (Å²) in [5.41, 5.74) is 2.09. The van der Waals surface area contributed by atoms with Crippen molar-refractivity contribution in [3.05, 3.63) is 58.4 Å². The average molecular weight is 440 g/mol. The zero-order valence-corrected chi connectivity index (χ0v) is 18.5. The Morgan fingerprint density at radius 2 is 2.00 bits per heavy atom. The highest BCUT2D eigenvalue weighted by Crippen LogP contribution is 2.40. The van der Waals surface area contributed by atoms with Gasteiger partial charge in [0.15, 0.2) is 0 Å². The molecule has 160 valence electrons. The number of aromatic nitrogens is 3. The Morgan fingerprint density at radius 1 is 1.23 bits per heavy atom. The van der Waals surface area contributed by atoms with Gasteiger partial charge in [-0.25, -0.2) is 4.90 Å². The molecule has 1 aliphatic heterocycles. The maximum Gasteiger partial charge on any atom is 0.325 e. The molecule has 0 fully saturated rings. The molecule has 2 aromatic carbocycles. The van der Waals surface area contributed by atoms with Gasteiger partial charge in [0.25, 0.3) is 6.17 Å². The first-order valence-electron chi connectivity index (χ1n) is 9.80. The first-order valence-corrected chi connectivity index (χ1v) is 10.8. The summed E-state index contributed by atoms with van der Waals surface area (Å²) in [6.45, 7) is 3.48. The monoisotopic (exact) mass is 439 g/mol. The van der Waals surface area contributed by atoms with Crippen molar-refractivity contribution in [2.45, 2.75) is 25.2 Å². The van der Waals surface area contributed by atoms with Crippen molar-refractivity contribution in [3.8, 4) is 22.8 Å². The molecule has 8 nitrogen and oxygen atoms in total. The van der Waals surface area contributed by atoms with Crippen LogP contribution in [0.15, 0.2) is 52.4 Å². The predicted octanol–water partition coefficient (Wildman–Crippen LogP) is 2.77. The second-order valence-corrected chi connectivity index (χ2v) is 8.13. The zero-order valence-electron chi connectivity index (χ0n) is 17.7. The number of amides is 1. The van der Waals surface area contributed by atoms with E-state index in [-0.39, 0.29) is 11.5 Å². The summed E-state index contributed by atoms with van der Waals surface area (Å²) in [5.74, 6) is 1.71. The van der Waals surface area contributed by atoms with Crippen molar-refractivity contribution in [1.82, 2.24) is 10.1 Å². The Labute approximate surface area is 183 Å². The quantitative estimate of drug-likeness (QED) is 0.486. The molecule has 0 saturated heterocycles. The van der Waals surface area contributed by atoms with E-state index in [1.165, 1.54) is 18.7 Å². The van der Waals surface area contributed by atoms with Gasteiger partial charge in [-0.1, -0.05) is 30.8 Å². The lowest BCUT2D eigenvalue weighted by atomic mass is 10.0. The van der Waals surface area contributed by atoms with E-state index < -0.39 is 6.17 Å². The molecular formula is C22H23N4O4S+. The molecule has 3 aromatic rings. The Hall–Kier alpha value is -3.33. The number of benzene rings is 2. The number of carbonyl (C=O) groups excluding carboxylic acids is 1. The van der Waals surface area contributed by atoms with Crippen molar-refractivity contribution in [1.29, 1.82) is 0 Å². The number of thioether (sulfide) groups is 1. The number of hydrogen-bond acceptors (Lipinski definition) is 6. The van der Waals surface area contributed by atoms with Gasteiger partial charge in [0.05, 0.1) is 31.0 Å². The highest BCUT2D eigenvalue weighted by molar-refractivity contribution is 7.99. The molecule has 0 saturated carbocycles. The minimum Gasteiger partial charge on any atom is -0.497 e. The number of para-hydroxylation sites is 1. The van der Waals surface area contributed by atoms with Crippen LogP contribution in [-0.2, 0) is 4.79 Å². The summed E-state index contributed by atoms with van der Waals surface area (Å²) in [7, 11) is 3.13. The smallest absolute Gasteiger partial charge is 0.325 e. The molecule has 31 heavy (non-hydrogen) atoms. The number of carbonyl (C=O) groups is 1. The fourth-order valence-corrected chi connectivity index (χ4v) is 4.41. The largest absolute Gasteiger partial charge is 0.497 e. The van der Waals surface area contributed by atoms with Crippen molar-refractivity contribution in [3.63, 3.8) is 0 Å². The van der Waals surface area contributed by atoms with Gasteiger partial charge in [0.1, 0.15) is 11.5 Å². The molecule has 1 amide bonds. The number of rotatable bonds is 5. The maximum atomic E-state index is 13.1. The Kier molecular flexibility index (Phi) is 5.69. The summed E-state index contributed by atoms with van der Waals surface area (Å²) < 4.78 is 12.6. The van der Waals surface area contributed by atoms with Gasteiger partial charge >= 0.3 is 11.3 Å². The van der Waals surface area contributed by atoms with Crippen LogP contribution in [0.5, 0.6) is 11.5 Å². The third-order valence-electron chi connectivity index (χ3n) is 5.10. The molecule has 1 atom stereocenters. The van der Waals surface area contributed by atoms with E-state index in [1.54, 1.807) is 35.9 Å². The first-order chi connectivity index (χ1) is 15.0. The van der Waals surface area contributed by atoms with Crippen LogP contribution in [0, 0.1) is 0 Å². The molecular weight excluding hydrogens is 416 g/mol.